The van der Waals surface area contributed by atoms with Gasteiger partial charge in [0.15, 0.2) is 6.17 Å². The number of alkyl halides is 2. The molecule has 2 atom stereocenters. The molecule has 0 aromatic rings. The molecule has 5 heteroatoms. The number of halogens is 2. The smallest absolute Gasteiger partial charge is 0.412 e. The minimum atomic E-state index is -1.86. The summed E-state index contributed by atoms with van der Waals surface area (Å²) in [7, 11) is 0. The maximum Gasteiger partial charge on any atom is 0.412 e. The van der Waals surface area contributed by atoms with Gasteiger partial charge in [0.25, 0.3) is 0 Å². The van der Waals surface area contributed by atoms with E-state index in [1.807, 2.05) is 0 Å². The lowest BCUT2D eigenvalue weighted by Crippen LogP contribution is -2.39. The molecule has 14 heavy (non-hydrogen) atoms. The molecule has 0 aliphatic carbocycles. The Kier molecular flexibility index (Phi) is 2.97. The number of hydrogen-bond acceptors (Lipinski definition) is 2. The molecule has 1 aliphatic rings. The Morgan fingerprint density at radius 2 is 2.00 bits per heavy atom. The first-order valence-electron chi connectivity index (χ1n) is 4.59. The number of carbonyl (C=O) groups is 1. The normalized spacial score (nSPS) is 27.9. The van der Waals surface area contributed by atoms with E-state index < -0.39 is 24.2 Å². The highest BCUT2D eigenvalue weighted by Crippen LogP contribution is 2.24. The van der Waals surface area contributed by atoms with Crippen LogP contribution in [-0.2, 0) is 4.74 Å². The van der Waals surface area contributed by atoms with Crippen LogP contribution >= 0.6 is 0 Å². The Morgan fingerprint density at radius 1 is 1.43 bits per heavy atom. The second kappa shape index (κ2) is 3.71. The van der Waals surface area contributed by atoms with E-state index in [0.29, 0.717) is 0 Å². The van der Waals surface area contributed by atoms with Crippen molar-refractivity contribution in [1.29, 1.82) is 0 Å². The molecule has 1 fully saturated rings. The Labute approximate surface area is 82.0 Å². The van der Waals surface area contributed by atoms with Gasteiger partial charge in [-0.1, -0.05) is 0 Å². The van der Waals surface area contributed by atoms with Gasteiger partial charge in [-0.3, -0.25) is 4.90 Å². The molecule has 0 aromatic heterocycles. The van der Waals surface area contributed by atoms with Crippen LogP contribution in [0.2, 0.25) is 0 Å². The van der Waals surface area contributed by atoms with Crippen LogP contribution in [0.4, 0.5) is 13.6 Å². The zero-order chi connectivity index (χ0) is 10.9. The van der Waals surface area contributed by atoms with Crippen LogP contribution in [0.25, 0.3) is 0 Å². The van der Waals surface area contributed by atoms with Gasteiger partial charge in [0.2, 0.25) is 6.30 Å². The zero-order valence-electron chi connectivity index (χ0n) is 8.59. The number of rotatable bonds is 0. The standard InChI is InChI=1S/C9H15F2NO2/c1-9(2,3)14-8(13)12-5-4-6(10)7(12)11/h6-7H,4-5H2,1-3H3. The second-order valence-electron chi connectivity index (χ2n) is 4.35. The van der Waals surface area contributed by atoms with Crippen LogP contribution in [-0.4, -0.2) is 35.6 Å². The van der Waals surface area contributed by atoms with Crippen molar-refractivity contribution in [1.82, 2.24) is 4.90 Å². The molecule has 0 spiro atoms. The Bertz CT molecular complexity index is 227. The minimum absolute atomic E-state index is 0.0421. The lowest BCUT2D eigenvalue weighted by Gasteiger charge is -2.25. The van der Waals surface area contributed by atoms with Gasteiger partial charge in [-0.25, -0.2) is 13.6 Å². The third-order valence-electron chi connectivity index (χ3n) is 1.87. The number of nitrogens with zero attached hydrogens (tertiary/aromatic N) is 1. The van der Waals surface area contributed by atoms with Crippen LogP contribution in [0.3, 0.4) is 0 Å². The molecule has 0 saturated carbocycles. The fourth-order valence-corrected chi connectivity index (χ4v) is 1.23. The van der Waals surface area contributed by atoms with Crippen LogP contribution in [0.1, 0.15) is 27.2 Å². The molecule has 1 rings (SSSR count). The molecule has 0 N–H and O–H groups in total. The number of amides is 1. The number of likely N-dealkylation sites (tertiary alicyclic amines) is 1. The molecule has 1 heterocycles. The van der Waals surface area contributed by atoms with Gasteiger partial charge in [0, 0.05) is 13.0 Å². The highest BCUT2D eigenvalue weighted by molar-refractivity contribution is 5.68. The quantitative estimate of drug-likeness (QED) is 0.570. The van der Waals surface area contributed by atoms with E-state index in [2.05, 4.69) is 0 Å². The highest BCUT2D eigenvalue weighted by Gasteiger charge is 2.39. The average Bonchev–Trinajstić information content (AvgIpc) is 2.29. The summed E-state index contributed by atoms with van der Waals surface area (Å²) in [6.07, 6.45) is -4.18. The summed E-state index contributed by atoms with van der Waals surface area (Å²) >= 11 is 0. The topological polar surface area (TPSA) is 29.5 Å². The van der Waals surface area contributed by atoms with Crippen LogP contribution < -0.4 is 0 Å². The summed E-state index contributed by atoms with van der Waals surface area (Å²) in [5, 5.41) is 0. The van der Waals surface area contributed by atoms with Gasteiger partial charge < -0.3 is 4.74 Å². The summed E-state index contributed by atoms with van der Waals surface area (Å²) in [6, 6.07) is 0. The van der Waals surface area contributed by atoms with E-state index in [1.54, 1.807) is 20.8 Å². The Hall–Kier alpha value is -0.870. The molecule has 0 aromatic carbocycles. The summed E-state index contributed by atoms with van der Waals surface area (Å²) in [5.41, 5.74) is -0.675. The predicted octanol–water partition coefficient (Wildman–Crippen LogP) is 2.26. The third kappa shape index (κ3) is 2.56. The minimum Gasteiger partial charge on any atom is -0.444 e. The van der Waals surface area contributed by atoms with Crippen LogP contribution in [0, 0.1) is 0 Å². The number of hydrogen-bond donors (Lipinski definition) is 0. The van der Waals surface area contributed by atoms with Gasteiger partial charge in [-0.15, -0.1) is 0 Å². The largest absolute Gasteiger partial charge is 0.444 e. The maximum absolute atomic E-state index is 13.1. The van der Waals surface area contributed by atoms with Crippen molar-refractivity contribution in [2.24, 2.45) is 0 Å². The predicted molar refractivity (Wildman–Crippen MR) is 47.3 cm³/mol. The fourth-order valence-electron chi connectivity index (χ4n) is 1.23. The first kappa shape index (κ1) is 11.2. The fraction of sp³-hybridized carbons (Fsp3) is 0.889. The highest BCUT2D eigenvalue weighted by atomic mass is 19.2. The van der Waals surface area contributed by atoms with Crippen molar-refractivity contribution in [3.8, 4) is 0 Å². The zero-order valence-corrected chi connectivity index (χ0v) is 8.59. The van der Waals surface area contributed by atoms with Crippen molar-refractivity contribution in [3.63, 3.8) is 0 Å². The van der Waals surface area contributed by atoms with Gasteiger partial charge in [0.05, 0.1) is 0 Å². The van der Waals surface area contributed by atoms with Crippen molar-refractivity contribution < 1.29 is 18.3 Å². The molecule has 0 radical (unpaired) electrons. The summed E-state index contributed by atoms with van der Waals surface area (Å²) in [4.78, 5) is 12.1. The Morgan fingerprint density at radius 3 is 2.36 bits per heavy atom. The molecule has 1 aliphatic heterocycles. The molecule has 1 saturated heterocycles. The van der Waals surface area contributed by atoms with Gasteiger partial charge in [0.1, 0.15) is 5.60 Å². The molecule has 2 unspecified atom stereocenters. The van der Waals surface area contributed by atoms with Crippen molar-refractivity contribution in [2.75, 3.05) is 6.54 Å². The molecule has 0 bridgehead atoms. The first-order chi connectivity index (χ1) is 6.31. The van der Waals surface area contributed by atoms with Crippen LogP contribution in [0.15, 0.2) is 0 Å². The lowest BCUT2D eigenvalue weighted by molar-refractivity contribution is -0.000132. The number of carbonyl (C=O) groups excluding carboxylic acids is 1. The summed E-state index contributed by atoms with van der Waals surface area (Å²) in [6.45, 7) is 5.13. The summed E-state index contributed by atoms with van der Waals surface area (Å²) in [5.74, 6) is 0. The van der Waals surface area contributed by atoms with Gasteiger partial charge in [-0.2, -0.15) is 0 Å². The Balaban J connectivity index is 2.54. The van der Waals surface area contributed by atoms with E-state index >= 15 is 0 Å². The van der Waals surface area contributed by atoms with E-state index in [9.17, 15) is 13.6 Å². The van der Waals surface area contributed by atoms with Crippen molar-refractivity contribution in [2.45, 2.75) is 45.3 Å². The van der Waals surface area contributed by atoms with E-state index in [1.165, 1.54) is 0 Å². The maximum atomic E-state index is 13.1. The van der Waals surface area contributed by atoms with E-state index in [4.69, 9.17) is 4.74 Å². The second-order valence-corrected chi connectivity index (χ2v) is 4.35. The first-order valence-corrected chi connectivity index (χ1v) is 4.59. The summed E-state index contributed by atoms with van der Waals surface area (Å²) < 4.78 is 30.7. The SMILES string of the molecule is CC(C)(C)OC(=O)N1CCC(F)C1F. The number of ether oxygens (including phenoxy) is 1. The monoisotopic (exact) mass is 207 g/mol. The molecular formula is C9H15F2NO2. The lowest BCUT2D eigenvalue weighted by atomic mass is 10.2. The molecule has 1 amide bonds. The van der Waals surface area contributed by atoms with Gasteiger partial charge >= 0.3 is 6.09 Å². The van der Waals surface area contributed by atoms with Crippen molar-refractivity contribution >= 4 is 6.09 Å². The third-order valence-corrected chi connectivity index (χ3v) is 1.87. The average molecular weight is 207 g/mol. The van der Waals surface area contributed by atoms with E-state index in [0.717, 1.165) is 4.90 Å². The van der Waals surface area contributed by atoms with Crippen LogP contribution in [0.5, 0.6) is 0 Å². The van der Waals surface area contributed by atoms with E-state index in [-0.39, 0.29) is 13.0 Å². The molecular weight excluding hydrogens is 192 g/mol. The molecule has 3 nitrogen and oxygen atoms in total. The van der Waals surface area contributed by atoms with Gasteiger partial charge in [-0.05, 0) is 20.8 Å². The van der Waals surface area contributed by atoms with Crippen molar-refractivity contribution in [3.05, 3.63) is 0 Å². The molecule has 82 valence electrons.